The molecule has 6 nitrogen and oxygen atoms in total. The van der Waals surface area contributed by atoms with Gasteiger partial charge in [0.1, 0.15) is 5.00 Å². The number of hydrogen-bond donors (Lipinski definition) is 3. The van der Waals surface area contributed by atoms with Crippen molar-refractivity contribution in [2.24, 2.45) is 0 Å². The van der Waals surface area contributed by atoms with Crippen LogP contribution in [0.2, 0.25) is 0 Å². The van der Waals surface area contributed by atoms with Crippen LogP contribution in [0.3, 0.4) is 0 Å². The molecular weight excluding hydrogens is 438 g/mol. The largest absolute Gasteiger partial charge is 0.465 e. The van der Waals surface area contributed by atoms with E-state index < -0.39 is 5.97 Å². The van der Waals surface area contributed by atoms with Crippen LogP contribution >= 0.6 is 34.9 Å². The summed E-state index contributed by atoms with van der Waals surface area (Å²) in [7, 11) is 1.33. The minimum Gasteiger partial charge on any atom is -0.465 e. The summed E-state index contributed by atoms with van der Waals surface area (Å²) in [6.45, 7) is 4.01. The molecule has 2 heterocycles. The van der Waals surface area contributed by atoms with Crippen LogP contribution in [0.1, 0.15) is 38.1 Å². The number of amides is 1. The Hall–Kier alpha value is -2.75. The number of hydrazine groups is 1. The molecule has 0 saturated heterocycles. The number of anilines is 1. The molecule has 0 fully saturated rings. The van der Waals surface area contributed by atoms with E-state index in [0.29, 0.717) is 16.1 Å². The van der Waals surface area contributed by atoms with E-state index >= 15 is 0 Å². The number of ether oxygens (including phenoxy) is 1. The molecule has 30 heavy (non-hydrogen) atoms. The zero-order valence-electron chi connectivity index (χ0n) is 16.7. The Kier molecular flexibility index (Phi) is 7.20. The first-order valence-electron chi connectivity index (χ1n) is 9.16. The van der Waals surface area contributed by atoms with Crippen LogP contribution in [0.15, 0.2) is 41.8 Å². The van der Waals surface area contributed by atoms with E-state index in [2.05, 4.69) is 16.2 Å². The summed E-state index contributed by atoms with van der Waals surface area (Å²) < 4.78 is 4.89. The zero-order chi connectivity index (χ0) is 21.7. The highest BCUT2D eigenvalue weighted by molar-refractivity contribution is 7.80. The lowest BCUT2D eigenvalue weighted by molar-refractivity contribution is 0.0602. The van der Waals surface area contributed by atoms with Gasteiger partial charge in [-0.2, -0.15) is 0 Å². The second kappa shape index (κ2) is 9.84. The normalized spacial score (nSPS) is 10.4. The van der Waals surface area contributed by atoms with Crippen LogP contribution in [0.4, 0.5) is 5.00 Å². The average Bonchev–Trinajstić information content (AvgIpc) is 3.35. The first kappa shape index (κ1) is 21.9. The van der Waals surface area contributed by atoms with Crippen LogP contribution in [0, 0.1) is 6.92 Å². The molecule has 0 saturated carbocycles. The van der Waals surface area contributed by atoms with Gasteiger partial charge in [-0.1, -0.05) is 37.3 Å². The number of nitrogens with one attached hydrogen (secondary N) is 3. The van der Waals surface area contributed by atoms with E-state index in [4.69, 9.17) is 17.0 Å². The molecule has 2 aromatic heterocycles. The van der Waals surface area contributed by atoms with Crippen LogP contribution in [0.5, 0.6) is 0 Å². The Morgan fingerprint density at radius 1 is 1.13 bits per heavy atom. The Morgan fingerprint density at radius 2 is 1.87 bits per heavy atom. The van der Waals surface area contributed by atoms with Crippen LogP contribution in [0.25, 0.3) is 10.4 Å². The molecular formula is C21H21N3O3S3. The van der Waals surface area contributed by atoms with E-state index in [1.54, 1.807) is 17.4 Å². The Balaban J connectivity index is 1.72. The molecule has 3 aromatic rings. The van der Waals surface area contributed by atoms with Crippen molar-refractivity contribution in [3.05, 3.63) is 63.3 Å². The fourth-order valence-corrected chi connectivity index (χ4v) is 5.13. The van der Waals surface area contributed by atoms with Gasteiger partial charge in [0.05, 0.1) is 18.2 Å². The highest BCUT2D eigenvalue weighted by Crippen LogP contribution is 2.35. The number of carbonyl (C=O) groups excluding carboxylic acids is 2. The molecule has 0 spiro atoms. The summed E-state index contributed by atoms with van der Waals surface area (Å²) in [4.78, 5) is 26.7. The van der Waals surface area contributed by atoms with Crippen LogP contribution < -0.4 is 16.2 Å². The molecule has 3 N–H and O–H groups in total. The third-order valence-electron chi connectivity index (χ3n) is 4.41. The minimum atomic E-state index is -0.468. The summed E-state index contributed by atoms with van der Waals surface area (Å²) in [6.07, 6.45) is 0.779. The van der Waals surface area contributed by atoms with E-state index in [-0.39, 0.29) is 11.0 Å². The molecule has 0 unspecified atom stereocenters. The van der Waals surface area contributed by atoms with Gasteiger partial charge in [-0.3, -0.25) is 15.6 Å². The van der Waals surface area contributed by atoms with Gasteiger partial charge in [0, 0.05) is 15.1 Å². The smallest absolute Gasteiger partial charge is 0.340 e. The van der Waals surface area contributed by atoms with Gasteiger partial charge in [0.2, 0.25) is 0 Å². The van der Waals surface area contributed by atoms with Gasteiger partial charge >= 0.3 is 5.97 Å². The standard InChI is InChI=1S/C21H21N3O3S3/c1-4-14-12(2)29-11-16(14)18(25)23-24-21(28)22-19-15(20(26)27-3)10-17(30-19)13-8-6-5-7-9-13/h5-11H,4H2,1-3H3,(H,23,25)(H2,22,24,28). The molecule has 0 aliphatic rings. The van der Waals surface area contributed by atoms with Gasteiger partial charge < -0.3 is 10.1 Å². The number of benzene rings is 1. The molecule has 0 bridgehead atoms. The lowest BCUT2D eigenvalue weighted by Crippen LogP contribution is -2.43. The first-order valence-corrected chi connectivity index (χ1v) is 11.3. The molecule has 0 aliphatic heterocycles. The second-order valence-electron chi connectivity index (χ2n) is 6.28. The molecule has 9 heteroatoms. The fraction of sp³-hybridized carbons (Fsp3) is 0.190. The summed E-state index contributed by atoms with van der Waals surface area (Å²) in [6, 6.07) is 11.5. The van der Waals surface area contributed by atoms with Crippen molar-refractivity contribution in [3.8, 4) is 10.4 Å². The van der Waals surface area contributed by atoms with Gasteiger partial charge in [-0.25, -0.2) is 4.79 Å². The quantitative estimate of drug-likeness (QED) is 0.290. The Bertz CT molecular complexity index is 1070. The van der Waals surface area contributed by atoms with Crippen molar-refractivity contribution in [1.82, 2.24) is 10.9 Å². The third-order valence-corrected chi connectivity index (χ3v) is 6.67. The number of methoxy groups -OCH3 is 1. The fourth-order valence-electron chi connectivity index (χ4n) is 2.91. The maximum Gasteiger partial charge on any atom is 0.340 e. The number of thiophene rings is 2. The number of esters is 1. The van der Waals surface area contributed by atoms with Gasteiger partial charge in [-0.05, 0) is 42.8 Å². The SMILES string of the molecule is CCc1c(C(=O)NNC(=S)Nc2sc(-c3ccccc3)cc2C(=O)OC)csc1C. The van der Waals surface area contributed by atoms with E-state index in [0.717, 1.165) is 27.3 Å². The van der Waals surface area contributed by atoms with Gasteiger partial charge in [0.15, 0.2) is 5.11 Å². The number of thiocarbonyl (C=S) groups is 1. The van der Waals surface area contributed by atoms with Gasteiger partial charge in [0.25, 0.3) is 5.91 Å². The highest BCUT2D eigenvalue weighted by Gasteiger charge is 2.19. The van der Waals surface area contributed by atoms with Crippen molar-refractivity contribution in [2.45, 2.75) is 20.3 Å². The molecule has 0 radical (unpaired) electrons. The molecule has 156 valence electrons. The van der Waals surface area contributed by atoms with Crippen molar-refractivity contribution >= 4 is 56.9 Å². The topological polar surface area (TPSA) is 79.5 Å². The summed E-state index contributed by atoms with van der Waals surface area (Å²) in [5, 5.41) is 5.52. The molecule has 1 aromatic carbocycles. The zero-order valence-corrected chi connectivity index (χ0v) is 19.1. The van der Waals surface area contributed by atoms with E-state index in [1.807, 2.05) is 49.6 Å². The lowest BCUT2D eigenvalue weighted by atomic mass is 10.1. The maximum atomic E-state index is 12.5. The molecule has 0 atom stereocenters. The predicted molar refractivity (Wildman–Crippen MR) is 126 cm³/mol. The Labute approximate surface area is 188 Å². The summed E-state index contributed by atoms with van der Waals surface area (Å²) >= 11 is 8.22. The average molecular weight is 460 g/mol. The van der Waals surface area contributed by atoms with Crippen molar-refractivity contribution in [2.75, 3.05) is 12.4 Å². The van der Waals surface area contributed by atoms with Crippen LogP contribution in [-0.2, 0) is 11.2 Å². The molecule has 3 rings (SSSR count). The minimum absolute atomic E-state index is 0.167. The van der Waals surface area contributed by atoms with E-state index in [1.165, 1.54) is 18.4 Å². The maximum absolute atomic E-state index is 12.5. The predicted octanol–water partition coefficient (Wildman–Crippen LogP) is 4.77. The van der Waals surface area contributed by atoms with Crippen molar-refractivity contribution in [3.63, 3.8) is 0 Å². The highest BCUT2D eigenvalue weighted by atomic mass is 32.1. The first-order chi connectivity index (χ1) is 14.4. The lowest BCUT2D eigenvalue weighted by Gasteiger charge is -2.11. The van der Waals surface area contributed by atoms with E-state index in [9.17, 15) is 9.59 Å². The monoisotopic (exact) mass is 459 g/mol. The van der Waals surface area contributed by atoms with Crippen molar-refractivity contribution < 1.29 is 14.3 Å². The summed E-state index contributed by atoms with van der Waals surface area (Å²) in [5.41, 5.74) is 8.32. The Morgan fingerprint density at radius 3 is 2.53 bits per heavy atom. The molecule has 0 aliphatic carbocycles. The molecule has 1 amide bonds. The number of hydrogen-bond acceptors (Lipinski definition) is 6. The number of aryl methyl sites for hydroxylation is 1. The number of carbonyl (C=O) groups is 2. The third kappa shape index (κ3) is 4.86. The second-order valence-corrected chi connectivity index (χ2v) is 8.83. The van der Waals surface area contributed by atoms with Crippen LogP contribution in [-0.4, -0.2) is 24.1 Å². The number of rotatable bonds is 5. The van der Waals surface area contributed by atoms with Gasteiger partial charge in [-0.15, -0.1) is 22.7 Å². The van der Waals surface area contributed by atoms with Crippen molar-refractivity contribution in [1.29, 1.82) is 0 Å². The summed E-state index contributed by atoms with van der Waals surface area (Å²) in [5.74, 6) is -0.728.